The molecule has 0 aliphatic rings. The zero-order chi connectivity index (χ0) is 19.5. The number of anilines is 2. The van der Waals surface area contributed by atoms with Gasteiger partial charge in [-0.3, -0.25) is 4.72 Å². The average molecular weight is 385 g/mol. The maximum Gasteiger partial charge on any atom is 0.263 e. The first kappa shape index (κ1) is 20.1. The fourth-order valence-corrected chi connectivity index (χ4v) is 2.88. The van der Waals surface area contributed by atoms with Gasteiger partial charge in [-0.05, 0) is 37.1 Å². The lowest BCUT2D eigenvalue weighted by atomic mass is 9.93. The van der Waals surface area contributed by atoms with Crippen LogP contribution in [0.4, 0.5) is 20.3 Å². The molecule has 0 spiro atoms. The normalized spacial score (nSPS) is 14.1. The molecule has 6 nitrogen and oxygen atoms in total. The number of benzene rings is 1. The number of rotatable bonds is 7. The lowest BCUT2D eigenvalue weighted by Gasteiger charge is -2.28. The first-order valence-corrected chi connectivity index (χ1v) is 9.40. The summed E-state index contributed by atoms with van der Waals surface area (Å²) in [4.78, 5) is 3.87. The number of hydrogen-bond acceptors (Lipinski definition) is 5. The van der Waals surface area contributed by atoms with E-state index in [4.69, 9.17) is 0 Å². The molecule has 0 radical (unpaired) electrons. The summed E-state index contributed by atoms with van der Waals surface area (Å²) in [5.74, 6) is -1.80. The van der Waals surface area contributed by atoms with Crippen molar-refractivity contribution in [2.75, 3.05) is 16.6 Å². The standard InChI is InChI=1S/C17H21F2N3O3S/c1-11(2)17(3,23)10-21-16-7-5-13(9-20-16)26(24,25)22-12-4-6-14(18)15(19)8-12/h4-9,11,22-23H,10H2,1-3H3,(H,20,21). The van der Waals surface area contributed by atoms with Crippen LogP contribution in [0.2, 0.25) is 0 Å². The molecule has 0 aliphatic heterocycles. The molecule has 0 bridgehead atoms. The fourth-order valence-electron chi connectivity index (χ4n) is 1.89. The van der Waals surface area contributed by atoms with Crippen molar-refractivity contribution in [1.82, 2.24) is 4.98 Å². The Balaban J connectivity index is 2.09. The highest BCUT2D eigenvalue weighted by atomic mass is 32.2. The first-order chi connectivity index (χ1) is 12.0. The molecule has 2 rings (SSSR count). The lowest BCUT2D eigenvalue weighted by molar-refractivity contribution is 0.0265. The van der Waals surface area contributed by atoms with Crippen molar-refractivity contribution in [3.05, 3.63) is 48.2 Å². The Morgan fingerprint density at radius 2 is 1.88 bits per heavy atom. The topological polar surface area (TPSA) is 91.3 Å². The van der Waals surface area contributed by atoms with E-state index in [0.29, 0.717) is 5.82 Å². The summed E-state index contributed by atoms with van der Waals surface area (Å²) >= 11 is 0. The highest BCUT2D eigenvalue weighted by molar-refractivity contribution is 7.92. The number of aliphatic hydroxyl groups is 1. The molecular formula is C17H21F2N3O3S. The van der Waals surface area contributed by atoms with Crippen LogP contribution in [0.15, 0.2) is 41.4 Å². The number of halogens is 2. The quantitative estimate of drug-likeness (QED) is 0.682. The van der Waals surface area contributed by atoms with Crippen molar-refractivity contribution in [2.45, 2.75) is 31.3 Å². The van der Waals surface area contributed by atoms with E-state index in [9.17, 15) is 22.3 Å². The third kappa shape index (κ3) is 4.89. The maximum absolute atomic E-state index is 13.2. The highest BCUT2D eigenvalue weighted by Gasteiger charge is 2.24. The Kier molecular flexibility index (Phi) is 5.82. The molecule has 2 aromatic rings. The van der Waals surface area contributed by atoms with Gasteiger partial charge in [0.1, 0.15) is 10.7 Å². The molecule has 26 heavy (non-hydrogen) atoms. The molecule has 142 valence electrons. The summed E-state index contributed by atoms with van der Waals surface area (Å²) in [6.45, 7) is 5.70. The summed E-state index contributed by atoms with van der Waals surface area (Å²) < 4.78 is 52.8. The van der Waals surface area contributed by atoms with Gasteiger partial charge in [0.2, 0.25) is 0 Å². The van der Waals surface area contributed by atoms with Crippen molar-refractivity contribution < 1.29 is 22.3 Å². The SMILES string of the molecule is CC(C)C(C)(O)CNc1ccc(S(=O)(=O)Nc2ccc(F)c(F)c2)cn1. The van der Waals surface area contributed by atoms with Crippen LogP contribution < -0.4 is 10.0 Å². The summed E-state index contributed by atoms with van der Waals surface area (Å²) in [6, 6.07) is 5.48. The van der Waals surface area contributed by atoms with Gasteiger partial charge in [0, 0.05) is 18.8 Å². The number of hydrogen-bond donors (Lipinski definition) is 3. The predicted octanol–water partition coefficient (Wildman–Crippen LogP) is 2.98. The van der Waals surface area contributed by atoms with E-state index >= 15 is 0 Å². The third-order valence-corrected chi connectivity index (χ3v) is 5.46. The number of aromatic nitrogens is 1. The minimum absolute atomic E-state index is 0.0231. The lowest BCUT2D eigenvalue weighted by Crippen LogP contribution is -2.38. The number of pyridine rings is 1. The van der Waals surface area contributed by atoms with Crippen LogP contribution in [0.1, 0.15) is 20.8 Å². The van der Waals surface area contributed by atoms with E-state index in [1.807, 2.05) is 13.8 Å². The molecule has 3 N–H and O–H groups in total. The monoisotopic (exact) mass is 385 g/mol. The van der Waals surface area contributed by atoms with Crippen molar-refractivity contribution in [2.24, 2.45) is 5.92 Å². The third-order valence-electron chi connectivity index (χ3n) is 4.09. The molecule has 1 aromatic heterocycles. The second-order valence-corrected chi connectivity index (χ2v) is 8.16. The smallest absolute Gasteiger partial charge is 0.263 e. The Bertz CT molecular complexity index is 869. The Morgan fingerprint density at radius 1 is 1.19 bits per heavy atom. The number of sulfonamides is 1. The average Bonchev–Trinajstić information content (AvgIpc) is 2.56. The van der Waals surface area contributed by atoms with Gasteiger partial charge >= 0.3 is 0 Å². The van der Waals surface area contributed by atoms with Gasteiger partial charge in [0.15, 0.2) is 11.6 Å². The molecule has 1 heterocycles. The molecule has 0 saturated heterocycles. The predicted molar refractivity (Wildman–Crippen MR) is 95.4 cm³/mol. The van der Waals surface area contributed by atoms with Crippen LogP contribution >= 0.6 is 0 Å². The van der Waals surface area contributed by atoms with Gasteiger partial charge in [-0.15, -0.1) is 0 Å². The fraction of sp³-hybridized carbons (Fsp3) is 0.353. The maximum atomic E-state index is 13.2. The zero-order valence-electron chi connectivity index (χ0n) is 14.6. The van der Waals surface area contributed by atoms with Crippen LogP contribution in [0.5, 0.6) is 0 Å². The van der Waals surface area contributed by atoms with Gasteiger partial charge in [0.25, 0.3) is 10.0 Å². The largest absolute Gasteiger partial charge is 0.388 e. The van der Waals surface area contributed by atoms with E-state index < -0.39 is 27.3 Å². The second kappa shape index (κ2) is 7.55. The van der Waals surface area contributed by atoms with Crippen molar-refractivity contribution in [1.29, 1.82) is 0 Å². The minimum atomic E-state index is -4.00. The van der Waals surface area contributed by atoms with Gasteiger partial charge < -0.3 is 10.4 Å². The van der Waals surface area contributed by atoms with Gasteiger partial charge in [-0.1, -0.05) is 13.8 Å². The van der Waals surface area contributed by atoms with Crippen molar-refractivity contribution >= 4 is 21.5 Å². The molecular weight excluding hydrogens is 364 g/mol. The van der Waals surface area contributed by atoms with E-state index in [1.54, 1.807) is 6.92 Å². The van der Waals surface area contributed by atoms with Gasteiger partial charge in [-0.25, -0.2) is 22.2 Å². The van der Waals surface area contributed by atoms with E-state index in [0.717, 1.165) is 24.4 Å². The van der Waals surface area contributed by atoms with Crippen LogP contribution in [-0.4, -0.2) is 30.7 Å². The number of nitrogens with one attached hydrogen (secondary N) is 2. The summed E-state index contributed by atoms with van der Waals surface area (Å²) in [7, 11) is -4.00. The summed E-state index contributed by atoms with van der Waals surface area (Å²) in [5, 5.41) is 13.1. The van der Waals surface area contributed by atoms with Gasteiger partial charge in [0.05, 0.1) is 11.3 Å². The summed E-state index contributed by atoms with van der Waals surface area (Å²) in [6.07, 6.45) is 1.13. The van der Waals surface area contributed by atoms with Crippen LogP contribution in [0.3, 0.4) is 0 Å². The van der Waals surface area contributed by atoms with Crippen molar-refractivity contribution in [3.8, 4) is 0 Å². The molecule has 9 heteroatoms. The zero-order valence-corrected chi connectivity index (χ0v) is 15.4. The van der Waals surface area contributed by atoms with E-state index in [2.05, 4.69) is 15.0 Å². The molecule has 0 saturated carbocycles. The number of nitrogens with zero attached hydrogens (tertiary/aromatic N) is 1. The van der Waals surface area contributed by atoms with Crippen LogP contribution in [-0.2, 0) is 10.0 Å². The van der Waals surface area contributed by atoms with Gasteiger partial charge in [-0.2, -0.15) is 0 Å². The molecule has 0 aliphatic carbocycles. The molecule has 0 amide bonds. The Morgan fingerprint density at radius 3 is 2.42 bits per heavy atom. The van der Waals surface area contributed by atoms with E-state index in [1.165, 1.54) is 12.1 Å². The summed E-state index contributed by atoms with van der Waals surface area (Å²) in [5.41, 5.74) is -1.04. The minimum Gasteiger partial charge on any atom is -0.388 e. The second-order valence-electron chi connectivity index (χ2n) is 6.48. The van der Waals surface area contributed by atoms with E-state index in [-0.39, 0.29) is 23.0 Å². The molecule has 0 fully saturated rings. The Labute approximate surface area is 151 Å². The van der Waals surface area contributed by atoms with Crippen LogP contribution in [0.25, 0.3) is 0 Å². The Hall–Kier alpha value is -2.26. The highest BCUT2D eigenvalue weighted by Crippen LogP contribution is 2.20. The first-order valence-electron chi connectivity index (χ1n) is 7.91. The molecule has 1 atom stereocenters. The molecule has 1 aromatic carbocycles. The van der Waals surface area contributed by atoms with Crippen LogP contribution in [0, 0.1) is 17.6 Å². The van der Waals surface area contributed by atoms with Crippen molar-refractivity contribution in [3.63, 3.8) is 0 Å². The molecule has 1 unspecified atom stereocenters.